The van der Waals surface area contributed by atoms with Crippen molar-refractivity contribution in [2.45, 2.75) is 169 Å². The maximum absolute atomic E-state index is 10.4. The third kappa shape index (κ3) is 6.48. The number of rotatable bonds is 9. The van der Waals surface area contributed by atoms with Gasteiger partial charge in [-0.1, -0.05) is 98.6 Å². The van der Waals surface area contributed by atoms with Crippen molar-refractivity contribution in [2.24, 2.45) is 28.6 Å². The van der Waals surface area contributed by atoms with E-state index in [1.807, 2.05) is 0 Å². The van der Waals surface area contributed by atoms with Crippen molar-refractivity contribution in [3.05, 3.63) is 34.9 Å². The van der Waals surface area contributed by atoms with Crippen LogP contribution in [0.4, 0.5) is 0 Å². The van der Waals surface area contributed by atoms with Gasteiger partial charge in [-0.05, 0) is 104 Å². The summed E-state index contributed by atoms with van der Waals surface area (Å²) in [6.45, 7) is 35.6. The lowest BCUT2D eigenvalue weighted by Gasteiger charge is -2.59. The second-order valence-electron chi connectivity index (χ2n) is 18.7. The quantitative estimate of drug-likeness (QED) is 0.200. The molecule has 0 aliphatic heterocycles. The van der Waals surface area contributed by atoms with Crippen molar-refractivity contribution in [2.75, 3.05) is 6.61 Å². The highest BCUT2D eigenvalue weighted by Crippen LogP contribution is 2.65. The van der Waals surface area contributed by atoms with Gasteiger partial charge in [0.2, 0.25) is 0 Å². The number of fused-ring (bicyclic) bond motifs is 5. The monoisotopic (exact) mass is 644 g/mol. The minimum absolute atomic E-state index is 0.0134. The van der Waals surface area contributed by atoms with Gasteiger partial charge in [0.25, 0.3) is 0 Å². The molecule has 0 heterocycles. The fourth-order valence-electron chi connectivity index (χ4n) is 8.17. The van der Waals surface area contributed by atoms with Gasteiger partial charge in [0.05, 0.1) is 31.0 Å². The van der Waals surface area contributed by atoms with Gasteiger partial charge in [-0.15, -0.1) is 0 Å². The molecule has 1 unspecified atom stereocenters. The van der Waals surface area contributed by atoms with E-state index in [2.05, 4.69) is 121 Å². The average Bonchev–Trinajstić information content (AvgIpc) is 3.23. The number of hydrogen-bond donors (Lipinski definition) is 1. The molecular formula is C38H68O4Si2. The van der Waals surface area contributed by atoms with Crippen molar-refractivity contribution < 1.29 is 18.7 Å². The van der Waals surface area contributed by atoms with Gasteiger partial charge in [-0.2, -0.15) is 0 Å². The first-order valence-corrected chi connectivity index (χ1v) is 23.5. The number of ether oxygens (including phenoxy) is 1. The van der Waals surface area contributed by atoms with Crippen LogP contribution in [0.5, 0.6) is 0 Å². The van der Waals surface area contributed by atoms with Crippen LogP contribution in [0.25, 0.3) is 0 Å². The molecule has 0 aromatic rings. The Hall–Kier alpha value is -0.506. The molecule has 0 bridgehead atoms. The highest BCUT2D eigenvalue weighted by molar-refractivity contribution is 6.74. The fraction of sp³-hybridized carbons (Fsp3) is 0.842. The summed E-state index contributed by atoms with van der Waals surface area (Å²) < 4.78 is 21.0. The third-order valence-corrected chi connectivity index (χ3v) is 22.5. The molecule has 4 aliphatic carbocycles. The van der Waals surface area contributed by atoms with E-state index in [1.54, 1.807) is 11.1 Å². The van der Waals surface area contributed by atoms with Crippen LogP contribution >= 0.6 is 0 Å². The molecule has 252 valence electrons. The van der Waals surface area contributed by atoms with E-state index in [4.69, 9.17) is 13.6 Å². The van der Waals surface area contributed by atoms with Crippen LogP contribution in [-0.4, -0.2) is 52.8 Å². The average molecular weight is 645 g/mol. The van der Waals surface area contributed by atoms with Crippen molar-refractivity contribution in [1.82, 2.24) is 0 Å². The molecule has 44 heavy (non-hydrogen) atoms. The first kappa shape index (κ1) is 36.3. The SMILES string of the molecule is CC(OC[C@H](O)C(C)C)C1=CC[C@H]2C3=CC=C4C[C@@H](O[Si](C)(C)C(C)(C)C)C[C@H](O[Si](C)(C)C(C)(C)C)[C@]4(C)[C@H]3CC[C@]12C. The summed E-state index contributed by atoms with van der Waals surface area (Å²) >= 11 is 0. The summed E-state index contributed by atoms with van der Waals surface area (Å²) in [5.41, 5.74) is 4.72. The number of aliphatic hydroxyl groups excluding tert-OH is 1. The predicted molar refractivity (Wildman–Crippen MR) is 191 cm³/mol. The van der Waals surface area contributed by atoms with Gasteiger partial charge in [-0.3, -0.25) is 0 Å². The largest absolute Gasteiger partial charge is 0.414 e. The van der Waals surface area contributed by atoms with Crippen molar-refractivity contribution in [3.63, 3.8) is 0 Å². The van der Waals surface area contributed by atoms with Gasteiger partial charge in [0.1, 0.15) is 0 Å². The van der Waals surface area contributed by atoms with Crippen LogP contribution in [0.15, 0.2) is 34.9 Å². The lowest BCUT2D eigenvalue weighted by atomic mass is 9.49. The molecule has 4 rings (SSSR count). The van der Waals surface area contributed by atoms with Crippen LogP contribution in [0.2, 0.25) is 36.3 Å². The zero-order valence-electron chi connectivity index (χ0n) is 31.2. The van der Waals surface area contributed by atoms with Crippen molar-refractivity contribution in [1.29, 1.82) is 0 Å². The van der Waals surface area contributed by atoms with E-state index in [0.717, 1.165) is 19.3 Å². The Labute approximate surface area is 273 Å². The normalized spacial score (nSPS) is 34.4. The van der Waals surface area contributed by atoms with Crippen molar-refractivity contribution in [3.8, 4) is 0 Å². The molecule has 6 heteroatoms. The van der Waals surface area contributed by atoms with Gasteiger partial charge < -0.3 is 18.7 Å². The van der Waals surface area contributed by atoms with E-state index in [0.29, 0.717) is 18.4 Å². The van der Waals surface area contributed by atoms with Crippen LogP contribution in [0.1, 0.15) is 108 Å². The van der Waals surface area contributed by atoms with Crippen LogP contribution in [0, 0.1) is 28.6 Å². The summed E-state index contributed by atoms with van der Waals surface area (Å²) in [7, 11) is -3.95. The van der Waals surface area contributed by atoms with Gasteiger partial charge in [-0.25, -0.2) is 0 Å². The Morgan fingerprint density at radius 1 is 0.909 bits per heavy atom. The van der Waals surface area contributed by atoms with E-state index >= 15 is 0 Å². The topological polar surface area (TPSA) is 47.9 Å². The summed E-state index contributed by atoms with van der Waals surface area (Å²) in [6, 6.07) is 0. The maximum Gasteiger partial charge on any atom is 0.192 e. The molecule has 0 aromatic carbocycles. The highest BCUT2D eigenvalue weighted by Gasteiger charge is 2.59. The molecule has 2 fully saturated rings. The number of hydrogen-bond acceptors (Lipinski definition) is 4. The molecule has 1 N–H and O–H groups in total. The zero-order chi connectivity index (χ0) is 33.3. The molecule has 0 saturated heterocycles. The van der Waals surface area contributed by atoms with Crippen molar-refractivity contribution >= 4 is 16.6 Å². The second kappa shape index (κ2) is 12.2. The molecule has 0 radical (unpaired) electrons. The lowest BCUT2D eigenvalue weighted by molar-refractivity contribution is -0.0423. The van der Waals surface area contributed by atoms with Crippen LogP contribution in [0.3, 0.4) is 0 Å². The minimum Gasteiger partial charge on any atom is -0.414 e. The standard InChI is InChI=1S/C38H68O4Si2/c1-25(2)33(39)24-40-26(3)30-18-19-31-29-17-16-27-22-28(41-43(12,13)35(4,5)6)23-34(42-44(14,15)36(7,8)9)38(27,11)32(29)20-21-37(30,31)10/h16-18,25-26,28,31-34,39H,19-24H2,1-15H3/t26?,28-,31+,32+,33+,34+,37-,38+/m1/s1. The van der Waals surface area contributed by atoms with E-state index in [1.165, 1.54) is 18.4 Å². The molecule has 0 spiro atoms. The molecule has 0 amide bonds. The summed E-state index contributed by atoms with van der Waals surface area (Å²) in [4.78, 5) is 0. The number of aliphatic hydroxyl groups is 1. The first-order valence-electron chi connectivity index (χ1n) is 17.7. The Kier molecular flexibility index (Phi) is 10.1. The van der Waals surface area contributed by atoms with Gasteiger partial charge in [0.15, 0.2) is 16.6 Å². The summed E-state index contributed by atoms with van der Waals surface area (Å²) in [5.74, 6) is 1.20. The van der Waals surface area contributed by atoms with E-state index in [9.17, 15) is 5.11 Å². The van der Waals surface area contributed by atoms with Gasteiger partial charge >= 0.3 is 0 Å². The molecular weight excluding hydrogens is 577 g/mol. The minimum atomic E-state index is -2.03. The Morgan fingerprint density at radius 2 is 1.50 bits per heavy atom. The Bertz CT molecular complexity index is 1150. The fourth-order valence-corrected chi connectivity index (χ4v) is 10.9. The zero-order valence-corrected chi connectivity index (χ0v) is 33.2. The summed E-state index contributed by atoms with van der Waals surface area (Å²) in [5, 5.41) is 10.8. The molecule has 4 nitrogen and oxygen atoms in total. The summed E-state index contributed by atoms with van der Waals surface area (Å²) in [6.07, 6.45) is 12.9. The molecule has 4 aliphatic rings. The first-order chi connectivity index (χ1) is 20.0. The van der Waals surface area contributed by atoms with Crippen LogP contribution < -0.4 is 0 Å². The predicted octanol–water partition coefficient (Wildman–Crippen LogP) is 10.2. The highest BCUT2D eigenvalue weighted by atomic mass is 28.4. The van der Waals surface area contributed by atoms with E-state index < -0.39 is 22.7 Å². The molecule has 2 saturated carbocycles. The number of allylic oxidation sites excluding steroid dienone is 4. The Morgan fingerprint density at radius 3 is 2.07 bits per heavy atom. The smallest absolute Gasteiger partial charge is 0.192 e. The Balaban J connectivity index is 1.66. The second-order valence-corrected chi connectivity index (χ2v) is 28.2. The molecule has 8 atom stereocenters. The third-order valence-electron chi connectivity index (χ3n) is 13.5. The maximum atomic E-state index is 10.4. The van der Waals surface area contributed by atoms with Crippen LogP contribution in [-0.2, 0) is 13.6 Å². The van der Waals surface area contributed by atoms with Gasteiger partial charge in [0, 0.05) is 5.41 Å². The molecule has 0 aromatic heterocycles. The lowest BCUT2D eigenvalue weighted by Crippen LogP contribution is -2.58. The van der Waals surface area contributed by atoms with E-state index in [-0.39, 0.29) is 45.1 Å².